The topological polar surface area (TPSA) is 79.2 Å². The summed E-state index contributed by atoms with van der Waals surface area (Å²) < 4.78 is 3.41. The molecule has 0 saturated carbocycles. The molecule has 0 amide bonds. The molecular weight excluding hydrogens is 380 g/mol. The number of H-pyrrole nitrogens is 1. The standard InChI is InChI=1S/C22H30N6O2/c1-16(2)15-26-11-13-27(14-12-26)21-23-19-18(20(29)24-22(30)25(19)3)28(21)10-9-17-7-5-4-6-8-17/h4-8,16H,9-15H2,1-3H3,(H,24,29,30). The van der Waals surface area contributed by atoms with E-state index in [-0.39, 0.29) is 5.56 Å². The van der Waals surface area contributed by atoms with E-state index in [1.165, 1.54) is 10.1 Å². The maximum absolute atomic E-state index is 12.7. The normalized spacial score (nSPS) is 15.4. The van der Waals surface area contributed by atoms with E-state index < -0.39 is 5.69 Å². The molecule has 0 radical (unpaired) electrons. The van der Waals surface area contributed by atoms with Crippen molar-refractivity contribution >= 4 is 17.1 Å². The molecule has 2 aromatic heterocycles. The van der Waals surface area contributed by atoms with Gasteiger partial charge in [0.25, 0.3) is 5.56 Å². The lowest BCUT2D eigenvalue weighted by Gasteiger charge is -2.36. The highest BCUT2D eigenvalue weighted by atomic mass is 16.2. The van der Waals surface area contributed by atoms with Crippen molar-refractivity contribution in [1.29, 1.82) is 0 Å². The van der Waals surface area contributed by atoms with Gasteiger partial charge in [0.05, 0.1) is 0 Å². The quantitative estimate of drug-likeness (QED) is 0.665. The van der Waals surface area contributed by atoms with Gasteiger partial charge in [0, 0.05) is 46.3 Å². The van der Waals surface area contributed by atoms with Crippen LogP contribution in [-0.4, -0.2) is 56.7 Å². The Morgan fingerprint density at radius 2 is 1.77 bits per heavy atom. The van der Waals surface area contributed by atoms with E-state index >= 15 is 0 Å². The molecule has 3 aromatic rings. The molecule has 0 bridgehead atoms. The minimum atomic E-state index is -0.437. The third-order valence-electron chi connectivity index (χ3n) is 5.73. The Bertz CT molecular complexity index is 1120. The zero-order valence-corrected chi connectivity index (χ0v) is 18.0. The van der Waals surface area contributed by atoms with Crippen LogP contribution in [0, 0.1) is 5.92 Å². The molecule has 1 fully saturated rings. The van der Waals surface area contributed by atoms with Crippen LogP contribution in [0.5, 0.6) is 0 Å². The minimum Gasteiger partial charge on any atom is -0.340 e. The molecule has 8 nitrogen and oxygen atoms in total. The highest BCUT2D eigenvalue weighted by Crippen LogP contribution is 2.22. The lowest BCUT2D eigenvalue weighted by Crippen LogP contribution is -2.48. The molecule has 160 valence electrons. The first-order chi connectivity index (χ1) is 14.4. The molecule has 0 aliphatic carbocycles. The summed E-state index contributed by atoms with van der Waals surface area (Å²) in [7, 11) is 1.65. The molecule has 8 heteroatoms. The van der Waals surface area contributed by atoms with Gasteiger partial charge < -0.3 is 9.47 Å². The van der Waals surface area contributed by atoms with Crippen LogP contribution in [0.4, 0.5) is 5.95 Å². The average Bonchev–Trinajstić information content (AvgIpc) is 3.12. The number of rotatable bonds is 6. The van der Waals surface area contributed by atoms with Gasteiger partial charge in [0.15, 0.2) is 11.2 Å². The fourth-order valence-corrected chi connectivity index (χ4v) is 4.21. The fourth-order valence-electron chi connectivity index (χ4n) is 4.21. The van der Waals surface area contributed by atoms with E-state index in [9.17, 15) is 9.59 Å². The Morgan fingerprint density at radius 1 is 1.07 bits per heavy atom. The van der Waals surface area contributed by atoms with Crippen LogP contribution < -0.4 is 16.1 Å². The van der Waals surface area contributed by atoms with Crippen molar-refractivity contribution in [3.63, 3.8) is 0 Å². The second-order valence-corrected chi connectivity index (χ2v) is 8.47. The monoisotopic (exact) mass is 410 g/mol. The molecule has 0 atom stereocenters. The Hall–Kier alpha value is -2.87. The Kier molecular flexibility index (Phi) is 5.76. The fraction of sp³-hybridized carbons (Fsp3) is 0.500. The lowest BCUT2D eigenvalue weighted by atomic mass is 10.1. The highest BCUT2D eigenvalue weighted by Gasteiger charge is 2.25. The van der Waals surface area contributed by atoms with E-state index in [1.807, 2.05) is 22.8 Å². The predicted octanol–water partition coefficient (Wildman–Crippen LogP) is 1.44. The van der Waals surface area contributed by atoms with Crippen molar-refractivity contribution in [2.24, 2.45) is 13.0 Å². The van der Waals surface area contributed by atoms with Gasteiger partial charge in [-0.2, -0.15) is 4.98 Å². The molecule has 0 spiro atoms. The van der Waals surface area contributed by atoms with Gasteiger partial charge in [-0.1, -0.05) is 44.2 Å². The Morgan fingerprint density at radius 3 is 2.43 bits per heavy atom. The molecule has 1 aliphatic heterocycles. The number of hydrogen-bond donors (Lipinski definition) is 1. The number of aromatic nitrogens is 4. The molecule has 4 rings (SSSR count). The number of anilines is 1. The molecule has 1 N–H and O–H groups in total. The van der Waals surface area contributed by atoms with Crippen LogP contribution in [0.25, 0.3) is 11.2 Å². The smallest absolute Gasteiger partial charge is 0.329 e. The van der Waals surface area contributed by atoms with Gasteiger partial charge in [-0.3, -0.25) is 19.2 Å². The van der Waals surface area contributed by atoms with Gasteiger partial charge in [0.1, 0.15) is 0 Å². The van der Waals surface area contributed by atoms with Crippen LogP contribution in [0.1, 0.15) is 19.4 Å². The van der Waals surface area contributed by atoms with Crippen molar-refractivity contribution in [2.45, 2.75) is 26.8 Å². The van der Waals surface area contributed by atoms with Crippen molar-refractivity contribution in [2.75, 3.05) is 37.6 Å². The summed E-state index contributed by atoms with van der Waals surface area (Å²) >= 11 is 0. The first-order valence-corrected chi connectivity index (χ1v) is 10.6. The largest absolute Gasteiger partial charge is 0.340 e. The summed E-state index contributed by atoms with van der Waals surface area (Å²) in [6.45, 7) is 9.84. The van der Waals surface area contributed by atoms with Crippen molar-refractivity contribution in [3.05, 3.63) is 56.7 Å². The van der Waals surface area contributed by atoms with Crippen LogP contribution in [0.3, 0.4) is 0 Å². The van der Waals surface area contributed by atoms with Crippen molar-refractivity contribution < 1.29 is 0 Å². The van der Waals surface area contributed by atoms with Gasteiger partial charge in [-0.15, -0.1) is 0 Å². The van der Waals surface area contributed by atoms with Crippen LogP contribution >= 0.6 is 0 Å². The summed E-state index contributed by atoms with van der Waals surface area (Å²) in [6, 6.07) is 10.2. The van der Waals surface area contributed by atoms with Crippen LogP contribution in [-0.2, 0) is 20.0 Å². The third-order valence-corrected chi connectivity index (χ3v) is 5.73. The van der Waals surface area contributed by atoms with E-state index in [2.05, 4.69) is 40.8 Å². The maximum Gasteiger partial charge on any atom is 0.329 e. The number of imidazole rings is 1. The number of hydrogen-bond acceptors (Lipinski definition) is 5. The summed E-state index contributed by atoms with van der Waals surface area (Å²) in [6.07, 6.45) is 0.787. The van der Waals surface area contributed by atoms with E-state index in [1.54, 1.807) is 7.05 Å². The number of nitrogens with one attached hydrogen (secondary N) is 1. The third kappa shape index (κ3) is 4.05. The van der Waals surface area contributed by atoms with E-state index in [0.29, 0.717) is 23.6 Å². The predicted molar refractivity (Wildman–Crippen MR) is 119 cm³/mol. The molecule has 1 saturated heterocycles. The molecule has 30 heavy (non-hydrogen) atoms. The van der Waals surface area contributed by atoms with Crippen LogP contribution in [0.2, 0.25) is 0 Å². The van der Waals surface area contributed by atoms with Crippen LogP contribution in [0.15, 0.2) is 39.9 Å². The molecule has 3 heterocycles. The Balaban J connectivity index is 1.69. The summed E-state index contributed by atoms with van der Waals surface area (Å²) in [5.41, 5.74) is 1.30. The van der Waals surface area contributed by atoms with Crippen molar-refractivity contribution in [1.82, 2.24) is 24.0 Å². The van der Waals surface area contributed by atoms with E-state index in [4.69, 9.17) is 4.98 Å². The zero-order valence-electron chi connectivity index (χ0n) is 18.0. The molecule has 1 aliphatic rings. The number of aromatic amines is 1. The molecule has 0 unspecified atom stereocenters. The minimum absolute atomic E-state index is 0.377. The number of benzene rings is 1. The highest BCUT2D eigenvalue weighted by molar-refractivity contribution is 5.74. The number of aryl methyl sites for hydroxylation is 3. The number of fused-ring (bicyclic) bond motifs is 1. The average molecular weight is 411 g/mol. The van der Waals surface area contributed by atoms with Gasteiger partial charge in [-0.25, -0.2) is 4.79 Å². The SMILES string of the molecule is CC(C)CN1CCN(c2nc3c(c(=O)[nH]c(=O)n3C)n2CCc2ccccc2)CC1. The molecular formula is C22H30N6O2. The Labute approximate surface area is 175 Å². The van der Waals surface area contributed by atoms with Gasteiger partial charge in [0.2, 0.25) is 5.95 Å². The maximum atomic E-state index is 12.7. The summed E-state index contributed by atoms with van der Waals surface area (Å²) in [5.74, 6) is 1.41. The zero-order chi connectivity index (χ0) is 21.3. The van der Waals surface area contributed by atoms with Gasteiger partial charge in [-0.05, 0) is 17.9 Å². The second-order valence-electron chi connectivity index (χ2n) is 8.47. The van der Waals surface area contributed by atoms with Crippen molar-refractivity contribution in [3.8, 4) is 0 Å². The lowest BCUT2D eigenvalue weighted by molar-refractivity contribution is 0.230. The molecule has 1 aromatic carbocycles. The summed E-state index contributed by atoms with van der Waals surface area (Å²) in [4.78, 5) is 36.7. The number of nitrogens with zero attached hydrogens (tertiary/aromatic N) is 5. The second kappa shape index (κ2) is 8.47. The first-order valence-electron chi connectivity index (χ1n) is 10.6. The van der Waals surface area contributed by atoms with Gasteiger partial charge >= 0.3 is 5.69 Å². The van der Waals surface area contributed by atoms with E-state index in [0.717, 1.165) is 45.1 Å². The first kappa shape index (κ1) is 20.4. The number of piperazine rings is 1. The summed E-state index contributed by atoms with van der Waals surface area (Å²) in [5, 5.41) is 0.